The predicted molar refractivity (Wildman–Crippen MR) is 95.6 cm³/mol. The Bertz CT molecular complexity index is 666. The summed E-state index contributed by atoms with van der Waals surface area (Å²) in [6, 6.07) is 18.2. The summed E-state index contributed by atoms with van der Waals surface area (Å²) < 4.78 is 5.29. The van der Waals surface area contributed by atoms with Gasteiger partial charge in [-0.1, -0.05) is 54.6 Å². The Morgan fingerprint density at radius 1 is 1.00 bits per heavy atom. The minimum Gasteiger partial charge on any atom is -0.460 e. The first-order valence-electron chi connectivity index (χ1n) is 8.19. The monoisotopic (exact) mass is 324 g/mol. The van der Waals surface area contributed by atoms with Crippen molar-refractivity contribution in [1.82, 2.24) is 0 Å². The quantitative estimate of drug-likeness (QED) is 0.582. The van der Waals surface area contributed by atoms with Crippen LogP contribution in [0.25, 0.3) is 11.1 Å². The van der Waals surface area contributed by atoms with Gasteiger partial charge >= 0.3 is 5.97 Å². The molecule has 0 aromatic heterocycles. The van der Waals surface area contributed by atoms with Gasteiger partial charge in [0.1, 0.15) is 11.9 Å². The van der Waals surface area contributed by atoms with Gasteiger partial charge < -0.3 is 9.53 Å². The van der Waals surface area contributed by atoms with Crippen LogP contribution in [0, 0.1) is 5.92 Å². The Labute approximate surface area is 143 Å². The third kappa shape index (κ3) is 5.65. The molecule has 126 valence electrons. The zero-order chi connectivity index (χ0) is 17.6. The lowest BCUT2D eigenvalue weighted by Crippen LogP contribution is -2.26. The number of carbonyl (C=O) groups excluding carboxylic acids is 2. The molecule has 0 aliphatic rings. The van der Waals surface area contributed by atoms with Crippen LogP contribution in [0.1, 0.15) is 32.8 Å². The van der Waals surface area contributed by atoms with E-state index in [1.807, 2.05) is 63.2 Å². The smallest absolute Gasteiger partial charge is 0.307 e. The molecule has 0 heterocycles. The summed E-state index contributed by atoms with van der Waals surface area (Å²) in [4.78, 5) is 23.2. The molecule has 3 nitrogen and oxygen atoms in total. The molecule has 0 N–H and O–H groups in total. The molecule has 3 heteroatoms. The summed E-state index contributed by atoms with van der Waals surface area (Å²) in [7, 11) is 0. The van der Waals surface area contributed by atoms with Gasteiger partial charge in [0, 0.05) is 5.92 Å². The lowest BCUT2D eigenvalue weighted by Gasteiger charge is -2.20. The largest absolute Gasteiger partial charge is 0.460 e. The number of rotatable bonds is 6. The van der Waals surface area contributed by atoms with Crippen molar-refractivity contribution in [3.63, 3.8) is 0 Å². The van der Waals surface area contributed by atoms with Crippen LogP contribution in [0.3, 0.4) is 0 Å². The summed E-state index contributed by atoms with van der Waals surface area (Å²) in [6.07, 6.45) is 1.49. The molecule has 24 heavy (non-hydrogen) atoms. The van der Waals surface area contributed by atoms with Gasteiger partial charge in [-0.3, -0.25) is 4.79 Å². The minimum absolute atomic E-state index is 0.112. The normalized spacial score (nSPS) is 12.5. The standard InChI is InChI=1S/C21H24O3/c1-21(2,3)24-20(23)14-17(15-22)13-16-9-11-19(12-10-16)18-7-5-4-6-8-18/h4-12,15,17H,13-14H2,1-3H3. The van der Waals surface area contributed by atoms with Crippen LogP contribution in [0.15, 0.2) is 54.6 Å². The van der Waals surface area contributed by atoms with Crippen molar-refractivity contribution in [3.8, 4) is 11.1 Å². The Kier molecular flexibility index (Phi) is 5.91. The SMILES string of the molecule is CC(C)(C)OC(=O)CC(C=O)Cc1ccc(-c2ccccc2)cc1. The fraction of sp³-hybridized carbons (Fsp3) is 0.333. The van der Waals surface area contributed by atoms with Crippen LogP contribution in [0.2, 0.25) is 0 Å². The van der Waals surface area contributed by atoms with Crippen molar-refractivity contribution < 1.29 is 14.3 Å². The van der Waals surface area contributed by atoms with E-state index in [1.54, 1.807) is 0 Å². The molecule has 0 saturated carbocycles. The topological polar surface area (TPSA) is 43.4 Å². The second kappa shape index (κ2) is 7.91. The summed E-state index contributed by atoms with van der Waals surface area (Å²) in [5.74, 6) is -0.692. The average molecular weight is 324 g/mol. The van der Waals surface area contributed by atoms with Crippen LogP contribution >= 0.6 is 0 Å². The van der Waals surface area contributed by atoms with Crippen molar-refractivity contribution in [2.45, 2.75) is 39.2 Å². The first-order valence-corrected chi connectivity index (χ1v) is 8.19. The number of benzene rings is 2. The van der Waals surface area contributed by atoms with Crippen LogP contribution in [0.5, 0.6) is 0 Å². The number of hydrogen-bond donors (Lipinski definition) is 0. The molecular weight excluding hydrogens is 300 g/mol. The zero-order valence-corrected chi connectivity index (χ0v) is 14.5. The number of carbonyl (C=O) groups is 2. The van der Waals surface area contributed by atoms with E-state index in [4.69, 9.17) is 4.74 Å². The molecule has 1 unspecified atom stereocenters. The maximum absolute atomic E-state index is 11.9. The third-order valence-electron chi connectivity index (χ3n) is 3.60. The maximum Gasteiger partial charge on any atom is 0.307 e. The second-order valence-electron chi connectivity index (χ2n) is 6.95. The van der Waals surface area contributed by atoms with Gasteiger partial charge in [-0.2, -0.15) is 0 Å². The third-order valence-corrected chi connectivity index (χ3v) is 3.60. The highest BCUT2D eigenvalue weighted by atomic mass is 16.6. The first kappa shape index (κ1) is 17.9. The first-order chi connectivity index (χ1) is 11.4. The molecule has 0 radical (unpaired) electrons. The second-order valence-corrected chi connectivity index (χ2v) is 6.95. The lowest BCUT2D eigenvalue weighted by molar-refractivity contribution is -0.156. The van der Waals surface area contributed by atoms with Gasteiger partial charge in [-0.05, 0) is 43.9 Å². The van der Waals surface area contributed by atoms with Gasteiger partial charge in [0.15, 0.2) is 0 Å². The number of esters is 1. The fourth-order valence-electron chi connectivity index (χ4n) is 2.53. The van der Waals surface area contributed by atoms with Crippen molar-refractivity contribution in [2.24, 2.45) is 5.92 Å². The van der Waals surface area contributed by atoms with Gasteiger partial charge in [-0.25, -0.2) is 0 Å². The van der Waals surface area contributed by atoms with Gasteiger partial charge in [-0.15, -0.1) is 0 Å². The van der Waals surface area contributed by atoms with E-state index in [0.29, 0.717) is 6.42 Å². The van der Waals surface area contributed by atoms with E-state index in [2.05, 4.69) is 12.1 Å². The van der Waals surface area contributed by atoms with E-state index in [-0.39, 0.29) is 18.3 Å². The molecule has 0 aliphatic heterocycles. The van der Waals surface area contributed by atoms with Gasteiger partial charge in [0.2, 0.25) is 0 Å². The zero-order valence-electron chi connectivity index (χ0n) is 14.5. The maximum atomic E-state index is 11.9. The molecule has 2 rings (SSSR count). The van der Waals surface area contributed by atoms with Crippen molar-refractivity contribution in [2.75, 3.05) is 0 Å². The van der Waals surface area contributed by atoms with E-state index in [9.17, 15) is 9.59 Å². The molecule has 2 aromatic carbocycles. The predicted octanol–water partition coefficient (Wildman–Crippen LogP) is 4.44. The Morgan fingerprint density at radius 2 is 1.58 bits per heavy atom. The molecule has 0 bridgehead atoms. The Balaban J connectivity index is 1.98. The lowest BCUT2D eigenvalue weighted by atomic mass is 9.95. The summed E-state index contributed by atoms with van der Waals surface area (Å²) in [5.41, 5.74) is 2.80. The molecule has 0 amide bonds. The molecule has 0 spiro atoms. The highest BCUT2D eigenvalue weighted by Gasteiger charge is 2.20. The van der Waals surface area contributed by atoms with Crippen molar-refractivity contribution in [1.29, 1.82) is 0 Å². The number of hydrogen-bond acceptors (Lipinski definition) is 3. The molecule has 2 aromatic rings. The van der Waals surface area contributed by atoms with Gasteiger partial charge in [0.05, 0.1) is 6.42 Å². The van der Waals surface area contributed by atoms with Crippen LogP contribution < -0.4 is 0 Å². The minimum atomic E-state index is -0.526. The molecule has 1 atom stereocenters. The van der Waals surface area contributed by atoms with Crippen molar-refractivity contribution >= 4 is 12.3 Å². The van der Waals surface area contributed by atoms with E-state index >= 15 is 0 Å². The Morgan fingerprint density at radius 3 is 2.12 bits per heavy atom. The highest BCUT2D eigenvalue weighted by Crippen LogP contribution is 2.21. The summed E-state index contributed by atoms with van der Waals surface area (Å²) in [6.45, 7) is 5.47. The van der Waals surface area contributed by atoms with Crippen LogP contribution in [-0.2, 0) is 20.7 Å². The van der Waals surface area contributed by atoms with Crippen molar-refractivity contribution in [3.05, 3.63) is 60.2 Å². The fourth-order valence-corrected chi connectivity index (χ4v) is 2.53. The van der Waals surface area contributed by atoms with E-state index < -0.39 is 5.60 Å². The Hall–Kier alpha value is -2.42. The average Bonchev–Trinajstić information content (AvgIpc) is 2.54. The summed E-state index contributed by atoms with van der Waals surface area (Å²) >= 11 is 0. The van der Waals surface area contributed by atoms with E-state index in [0.717, 1.165) is 23.0 Å². The number of aldehydes is 1. The van der Waals surface area contributed by atoms with Crippen LogP contribution in [-0.4, -0.2) is 17.9 Å². The molecule has 0 fully saturated rings. The molecular formula is C21H24O3. The highest BCUT2D eigenvalue weighted by molar-refractivity contribution is 5.74. The molecule has 0 saturated heterocycles. The van der Waals surface area contributed by atoms with Gasteiger partial charge in [0.25, 0.3) is 0 Å². The van der Waals surface area contributed by atoms with E-state index in [1.165, 1.54) is 0 Å². The molecule has 0 aliphatic carbocycles. The summed E-state index contributed by atoms with van der Waals surface area (Å²) in [5, 5.41) is 0. The van der Waals surface area contributed by atoms with Crippen LogP contribution in [0.4, 0.5) is 0 Å². The number of ether oxygens (including phenoxy) is 1.